The molecule has 1 aromatic heterocycles. The predicted molar refractivity (Wildman–Crippen MR) is 124 cm³/mol. The van der Waals surface area contributed by atoms with Gasteiger partial charge in [-0.25, -0.2) is 0 Å². The van der Waals surface area contributed by atoms with Crippen LogP contribution in [-0.4, -0.2) is 16.8 Å². The number of fused-ring (bicyclic) bond motifs is 1. The first-order valence-corrected chi connectivity index (χ1v) is 10.6. The summed E-state index contributed by atoms with van der Waals surface area (Å²) in [6.07, 6.45) is 2.76. The SMILES string of the molecule is O=C(CCc1c[nH]c2ccccc12)NNC(=O)c1ccc(COc2ccc(Cl)cc2)cc1. The van der Waals surface area contributed by atoms with Gasteiger partial charge in [-0.1, -0.05) is 41.9 Å². The maximum absolute atomic E-state index is 12.3. The van der Waals surface area contributed by atoms with Crippen LogP contribution in [0.4, 0.5) is 0 Å². The van der Waals surface area contributed by atoms with Gasteiger partial charge in [0.05, 0.1) is 0 Å². The molecule has 2 amide bonds. The normalized spacial score (nSPS) is 10.7. The average Bonchev–Trinajstić information content (AvgIpc) is 3.24. The Morgan fingerprint density at radius 2 is 1.66 bits per heavy atom. The number of aryl methyl sites for hydroxylation is 1. The number of benzene rings is 3. The molecule has 1 heterocycles. The van der Waals surface area contributed by atoms with E-state index in [-0.39, 0.29) is 18.2 Å². The Morgan fingerprint density at radius 3 is 2.44 bits per heavy atom. The molecule has 4 rings (SSSR count). The van der Waals surface area contributed by atoms with E-state index in [1.54, 1.807) is 36.4 Å². The zero-order valence-electron chi connectivity index (χ0n) is 17.2. The number of para-hydroxylation sites is 1. The molecule has 7 heteroatoms. The van der Waals surface area contributed by atoms with E-state index in [1.807, 2.05) is 42.6 Å². The summed E-state index contributed by atoms with van der Waals surface area (Å²) in [5.41, 5.74) is 8.40. The number of hydrogen-bond donors (Lipinski definition) is 3. The van der Waals surface area contributed by atoms with Crippen LogP contribution in [-0.2, 0) is 17.8 Å². The smallest absolute Gasteiger partial charge is 0.269 e. The van der Waals surface area contributed by atoms with E-state index in [1.165, 1.54) is 0 Å². The third-order valence-corrected chi connectivity index (χ3v) is 5.30. The minimum atomic E-state index is -0.379. The fourth-order valence-electron chi connectivity index (χ4n) is 3.30. The molecule has 0 saturated carbocycles. The van der Waals surface area contributed by atoms with Gasteiger partial charge >= 0.3 is 0 Å². The Bertz CT molecular complexity index is 1220. The van der Waals surface area contributed by atoms with Gasteiger partial charge in [0.25, 0.3) is 5.91 Å². The molecule has 32 heavy (non-hydrogen) atoms. The fraction of sp³-hybridized carbons (Fsp3) is 0.120. The molecule has 0 atom stereocenters. The number of aromatic nitrogens is 1. The highest BCUT2D eigenvalue weighted by Crippen LogP contribution is 2.19. The lowest BCUT2D eigenvalue weighted by Gasteiger charge is -2.09. The van der Waals surface area contributed by atoms with Crippen LogP contribution >= 0.6 is 11.6 Å². The Morgan fingerprint density at radius 1 is 0.906 bits per heavy atom. The summed E-state index contributed by atoms with van der Waals surface area (Å²) >= 11 is 5.86. The molecule has 0 unspecified atom stereocenters. The van der Waals surface area contributed by atoms with Crippen molar-refractivity contribution in [2.45, 2.75) is 19.4 Å². The monoisotopic (exact) mass is 447 g/mol. The topological polar surface area (TPSA) is 83.2 Å². The van der Waals surface area contributed by atoms with Gasteiger partial charge in [-0.05, 0) is 60.0 Å². The molecular weight excluding hydrogens is 426 g/mol. The van der Waals surface area contributed by atoms with Gasteiger partial charge in [-0.3, -0.25) is 20.4 Å². The average molecular weight is 448 g/mol. The van der Waals surface area contributed by atoms with Crippen molar-refractivity contribution in [3.05, 3.63) is 101 Å². The third kappa shape index (κ3) is 5.47. The van der Waals surface area contributed by atoms with E-state index < -0.39 is 0 Å². The number of carbonyl (C=O) groups excluding carboxylic acids is 2. The third-order valence-electron chi connectivity index (χ3n) is 5.05. The quantitative estimate of drug-likeness (QED) is 0.356. The first-order valence-electron chi connectivity index (χ1n) is 10.2. The summed E-state index contributed by atoms with van der Waals surface area (Å²) in [5, 5.41) is 1.75. The van der Waals surface area contributed by atoms with Crippen molar-refractivity contribution >= 4 is 34.3 Å². The summed E-state index contributed by atoms with van der Waals surface area (Å²) in [6, 6.07) is 22.1. The number of ether oxygens (including phenoxy) is 1. The molecule has 0 aliphatic rings. The van der Waals surface area contributed by atoms with Crippen molar-refractivity contribution in [2.24, 2.45) is 0 Å². The molecule has 0 bridgehead atoms. The lowest BCUT2D eigenvalue weighted by atomic mass is 10.1. The van der Waals surface area contributed by atoms with Gasteiger partial charge in [0.2, 0.25) is 5.91 Å². The zero-order chi connectivity index (χ0) is 22.3. The summed E-state index contributed by atoms with van der Waals surface area (Å²) in [5.74, 6) is 0.0822. The van der Waals surface area contributed by atoms with Crippen LogP contribution in [0.3, 0.4) is 0 Å². The molecule has 0 fully saturated rings. The molecule has 0 spiro atoms. The Kier molecular flexibility index (Phi) is 6.72. The molecule has 3 N–H and O–H groups in total. The van der Waals surface area contributed by atoms with Crippen molar-refractivity contribution in [3.63, 3.8) is 0 Å². The minimum Gasteiger partial charge on any atom is -0.489 e. The largest absolute Gasteiger partial charge is 0.489 e. The first-order chi connectivity index (χ1) is 15.6. The lowest BCUT2D eigenvalue weighted by Crippen LogP contribution is -2.41. The number of amides is 2. The van der Waals surface area contributed by atoms with Crippen molar-refractivity contribution in [2.75, 3.05) is 0 Å². The molecule has 162 valence electrons. The molecule has 0 saturated heterocycles. The number of hydrogen-bond acceptors (Lipinski definition) is 3. The zero-order valence-corrected chi connectivity index (χ0v) is 18.0. The van der Waals surface area contributed by atoms with Gasteiger partial charge in [0, 0.05) is 34.1 Å². The van der Waals surface area contributed by atoms with E-state index in [0.717, 1.165) is 22.0 Å². The lowest BCUT2D eigenvalue weighted by molar-refractivity contribution is -0.121. The highest BCUT2D eigenvalue weighted by Gasteiger charge is 2.09. The standard InChI is InChI=1S/C25H22ClN3O3/c26-20-10-12-21(13-11-20)32-16-17-5-7-18(8-6-17)25(31)29-28-24(30)14-9-19-15-27-23-4-2-1-3-22(19)23/h1-8,10-13,15,27H,9,14,16H2,(H,28,30)(H,29,31). The number of H-pyrrole nitrogens is 1. The maximum Gasteiger partial charge on any atom is 0.269 e. The van der Waals surface area contributed by atoms with Crippen LogP contribution in [0.25, 0.3) is 10.9 Å². The Labute approximate surface area is 190 Å². The minimum absolute atomic E-state index is 0.253. The van der Waals surface area contributed by atoms with Crippen molar-refractivity contribution in [1.82, 2.24) is 15.8 Å². The molecule has 0 aliphatic heterocycles. The molecule has 6 nitrogen and oxygen atoms in total. The van der Waals surface area contributed by atoms with Crippen LogP contribution in [0.5, 0.6) is 5.75 Å². The second kappa shape index (κ2) is 10.0. The molecule has 4 aromatic rings. The summed E-state index contributed by atoms with van der Waals surface area (Å²) in [4.78, 5) is 27.6. The van der Waals surface area contributed by atoms with E-state index in [0.29, 0.717) is 29.4 Å². The predicted octanol–water partition coefficient (Wildman–Crippen LogP) is 4.79. The number of nitrogens with one attached hydrogen (secondary N) is 3. The maximum atomic E-state index is 12.3. The Balaban J connectivity index is 1.22. The molecule has 0 radical (unpaired) electrons. The molecular formula is C25H22ClN3O3. The number of hydrazine groups is 1. The first kappa shape index (κ1) is 21.5. The van der Waals surface area contributed by atoms with Crippen molar-refractivity contribution in [1.29, 1.82) is 0 Å². The molecule has 3 aromatic carbocycles. The van der Waals surface area contributed by atoms with Gasteiger partial charge in [-0.2, -0.15) is 0 Å². The van der Waals surface area contributed by atoms with Gasteiger partial charge in [0.15, 0.2) is 0 Å². The van der Waals surface area contributed by atoms with E-state index in [9.17, 15) is 9.59 Å². The fourth-order valence-corrected chi connectivity index (χ4v) is 3.42. The van der Waals surface area contributed by atoms with Gasteiger partial charge in [-0.15, -0.1) is 0 Å². The van der Waals surface area contributed by atoms with Crippen molar-refractivity contribution < 1.29 is 14.3 Å². The Hall–Kier alpha value is -3.77. The van der Waals surface area contributed by atoms with Crippen LogP contribution in [0.2, 0.25) is 5.02 Å². The van der Waals surface area contributed by atoms with E-state index >= 15 is 0 Å². The highest BCUT2D eigenvalue weighted by atomic mass is 35.5. The van der Waals surface area contributed by atoms with Crippen LogP contribution in [0.1, 0.15) is 27.9 Å². The van der Waals surface area contributed by atoms with Crippen LogP contribution in [0.15, 0.2) is 79.0 Å². The number of rotatable bonds is 7. The number of halogens is 1. The summed E-state index contributed by atoms with van der Waals surface area (Å²) in [7, 11) is 0. The van der Waals surface area contributed by atoms with Crippen molar-refractivity contribution in [3.8, 4) is 5.75 Å². The second-order valence-corrected chi connectivity index (χ2v) is 7.74. The highest BCUT2D eigenvalue weighted by molar-refractivity contribution is 6.30. The summed E-state index contributed by atoms with van der Waals surface area (Å²) in [6.45, 7) is 0.369. The van der Waals surface area contributed by atoms with E-state index in [2.05, 4.69) is 15.8 Å². The van der Waals surface area contributed by atoms with Gasteiger partial charge in [0.1, 0.15) is 12.4 Å². The second-order valence-electron chi connectivity index (χ2n) is 7.30. The van der Waals surface area contributed by atoms with E-state index in [4.69, 9.17) is 16.3 Å². The number of carbonyl (C=O) groups is 2. The van der Waals surface area contributed by atoms with Crippen LogP contribution in [0, 0.1) is 0 Å². The summed E-state index contributed by atoms with van der Waals surface area (Å²) < 4.78 is 5.69. The van der Waals surface area contributed by atoms with Gasteiger partial charge < -0.3 is 9.72 Å². The molecule has 0 aliphatic carbocycles. The number of aromatic amines is 1. The van der Waals surface area contributed by atoms with Crippen LogP contribution < -0.4 is 15.6 Å².